The van der Waals surface area contributed by atoms with E-state index >= 15 is 0 Å². The number of Topliss-reactive ketones (excluding diaryl/α,β-unsaturated/α-hetero) is 1. The molecule has 1 fully saturated rings. The highest BCUT2D eigenvalue weighted by atomic mass is 16.6. The van der Waals surface area contributed by atoms with Crippen LogP contribution in [0.4, 0.5) is 5.69 Å². The summed E-state index contributed by atoms with van der Waals surface area (Å²) in [5.74, 6) is -1.83. The van der Waals surface area contributed by atoms with Crippen molar-refractivity contribution in [3.05, 3.63) is 69.7 Å². The Bertz CT molecular complexity index is 934. The maximum absolute atomic E-state index is 12.7. The van der Waals surface area contributed by atoms with Gasteiger partial charge in [0.05, 0.1) is 16.8 Å². The second-order valence-electron chi connectivity index (χ2n) is 6.16. The fraction of sp³-hybridized carbons (Fsp3) is 0.263. The fourth-order valence-corrected chi connectivity index (χ4v) is 3.15. The molecule has 0 saturated carbocycles. The van der Waals surface area contributed by atoms with Gasteiger partial charge in [0.15, 0.2) is 0 Å². The van der Waals surface area contributed by atoms with Crippen LogP contribution in [0.15, 0.2) is 52.7 Å². The Morgan fingerprint density at radius 1 is 1.32 bits per heavy atom. The van der Waals surface area contributed by atoms with Crippen LogP contribution in [-0.2, 0) is 14.3 Å². The van der Waals surface area contributed by atoms with Gasteiger partial charge in [-0.3, -0.25) is 19.7 Å². The number of nitro benzene ring substituents is 1. The van der Waals surface area contributed by atoms with Crippen molar-refractivity contribution in [3.8, 4) is 0 Å². The number of furan rings is 1. The van der Waals surface area contributed by atoms with E-state index in [2.05, 4.69) is 0 Å². The summed E-state index contributed by atoms with van der Waals surface area (Å²) in [5.41, 5.74) is -0.341. The summed E-state index contributed by atoms with van der Waals surface area (Å²) in [4.78, 5) is 37.0. The molecule has 0 radical (unpaired) electrons. The Hall–Kier alpha value is -3.46. The predicted octanol–water partition coefficient (Wildman–Crippen LogP) is 2.65. The number of ether oxygens (including phenoxy) is 1. The van der Waals surface area contributed by atoms with Gasteiger partial charge in [-0.2, -0.15) is 0 Å². The topological polar surface area (TPSA) is 123 Å². The molecule has 28 heavy (non-hydrogen) atoms. The van der Waals surface area contributed by atoms with Crippen LogP contribution in [0.1, 0.15) is 23.8 Å². The number of nitro groups is 1. The molecule has 1 amide bonds. The normalized spacial score (nSPS) is 18.6. The Morgan fingerprint density at radius 3 is 2.75 bits per heavy atom. The van der Waals surface area contributed by atoms with Gasteiger partial charge in [0, 0.05) is 38.0 Å². The molecule has 2 heterocycles. The van der Waals surface area contributed by atoms with Gasteiger partial charge >= 0.3 is 0 Å². The number of benzene rings is 1. The molecule has 1 atom stereocenters. The lowest BCUT2D eigenvalue weighted by Crippen LogP contribution is -2.31. The number of non-ortho nitro benzene ring substituents is 1. The van der Waals surface area contributed by atoms with Crippen LogP contribution in [0.3, 0.4) is 0 Å². The first-order valence-electron chi connectivity index (χ1n) is 8.51. The highest BCUT2D eigenvalue weighted by molar-refractivity contribution is 6.46. The average Bonchev–Trinajstić information content (AvgIpc) is 3.30. The van der Waals surface area contributed by atoms with E-state index in [1.54, 1.807) is 12.1 Å². The second kappa shape index (κ2) is 8.05. The molecule has 2 aromatic rings. The quantitative estimate of drug-likeness (QED) is 0.194. The van der Waals surface area contributed by atoms with Crippen molar-refractivity contribution in [2.45, 2.75) is 12.5 Å². The summed E-state index contributed by atoms with van der Waals surface area (Å²) in [5, 5.41) is 21.8. The molecule has 9 nitrogen and oxygen atoms in total. The number of rotatable bonds is 7. The van der Waals surface area contributed by atoms with Gasteiger partial charge in [0.25, 0.3) is 17.4 Å². The molecule has 1 aromatic carbocycles. The molecule has 0 bridgehead atoms. The Balaban J connectivity index is 2.09. The van der Waals surface area contributed by atoms with Gasteiger partial charge in [0.2, 0.25) is 0 Å². The zero-order valence-corrected chi connectivity index (χ0v) is 15.0. The standard InChI is InChI=1S/C19H18N2O7/c1-27-9-4-8-20-16(14-7-3-10-28-14)15(18(23)19(20)24)17(22)12-5-2-6-13(11-12)21(25)26/h2-3,5-7,10-11,16,22H,4,8-9H2,1H3/b17-15-. The number of methoxy groups -OCH3 is 1. The van der Waals surface area contributed by atoms with Crippen molar-refractivity contribution < 1.29 is 28.8 Å². The van der Waals surface area contributed by atoms with Crippen molar-refractivity contribution in [1.82, 2.24) is 4.90 Å². The van der Waals surface area contributed by atoms with Crippen LogP contribution in [0.2, 0.25) is 0 Å². The first-order chi connectivity index (χ1) is 13.5. The van der Waals surface area contributed by atoms with Gasteiger partial charge in [0.1, 0.15) is 17.6 Å². The van der Waals surface area contributed by atoms with Crippen molar-refractivity contribution in [2.24, 2.45) is 0 Å². The number of hydrogen-bond acceptors (Lipinski definition) is 7. The minimum Gasteiger partial charge on any atom is -0.507 e. The van der Waals surface area contributed by atoms with Crippen LogP contribution in [0.25, 0.3) is 5.76 Å². The largest absolute Gasteiger partial charge is 0.507 e. The summed E-state index contributed by atoms with van der Waals surface area (Å²) in [6.07, 6.45) is 1.88. The number of aliphatic hydroxyl groups is 1. The lowest BCUT2D eigenvalue weighted by Gasteiger charge is -2.23. The molecular weight excluding hydrogens is 368 g/mol. The van der Waals surface area contributed by atoms with Crippen molar-refractivity contribution >= 4 is 23.1 Å². The molecular formula is C19H18N2O7. The lowest BCUT2D eigenvalue weighted by molar-refractivity contribution is -0.384. The first kappa shape index (κ1) is 19.3. The molecule has 146 valence electrons. The average molecular weight is 386 g/mol. The molecule has 1 saturated heterocycles. The summed E-state index contributed by atoms with van der Waals surface area (Å²) in [6, 6.07) is 7.52. The summed E-state index contributed by atoms with van der Waals surface area (Å²) >= 11 is 0. The molecule has 0 aliphatic carbocycles. The van der Waals surface area contributed by atoms with Crippen LogP contribution < -0.4 is 0 Å². The Labute approximate surface area is 160 Å². The molecule has 3 rings (SSSR count). The van der Waals surface area contributed by atoms with E-state index < -0.39 is 28.4 Å². The zero-order chi connectivity index (χ0) is 20.3. The lowest BCUT2D eigenvalue weighted by atomic mass is 9.99. The number of hydrogen-bond donors (Lipinski definition) is 1. The number of carbonyl (C=O) groups excluding carboxylic acids is 2. The van der Waals surface area contributed by atoms with E-state index in [-0.39, 0.29) is 23.4 Å². The minimum atomic E-state index is -0.925. The van der Waals surface area contributed by atoms with E-state index in [1.165, 1.54) is 36.5 Å². The molecule has 1 aromatic heterocycles. The maximum Gasteiger partial charge on any atom is 0.295 e. The van der Waals surface area contributed by atoms with Crippen LogP contribution in [0, 0.1) is 10.1 Å². The molecule has 1 unspecified atom stereocenters. The van der Waals surface area contributed by atoms with Gasteiger partial charge in [-0.05, 0) is 18.6 Å². The van der Waals surface area contributed by atoms with Gasteiger partial charge in [-0.25, -0.2) is 0 Å². The van der Waals surface area contributed by atoms with Gasteiger partial charge in [-0.15, -0.1) is 0 Å². The number of carbonyl (C=O) groups is 2. The van der Waals surface area contributed by atoms with E-state index in [4.69, 9.17) is 9.15 Å². The summed E-state index contributed by atoms with van der Waals surface area (Å²) < 4.78 is 10.4. The number of ketones is 1. The highest BCUT2D eigenvalue weighted by Crippen LogP contribution is 2.39. The van der Waals surface area contributed by atoms with Crippen LogP contribution in [0.5, 0.6) is 0 Å². The van der Waals surface area contributed by atoms with Crippen molar-refractivity contribution in [1.29, 1.82) is 0 Å². The van der Waals surface area contributed by atoms with Crippen molar-refractivity contribution in [2.75, 3.05) is 20.3 Å². The number of nitrogens with zero attached hydrogens (tertiary/aromatic N) is 2. The van der Waals surface area contributed by atoms with Crippen LogP contribution >= 0.6 is 0 Å². The second-order valence-corrected chi connectivity index (χ2v) is 6.16. The third-order valence-electron chi connectivity index (χ3n) is 4.43. The van der Waals surface area contributed by atoms with Crippen molar-refractivity contribution in [3.63, 3.8) is 0 Å². The molecule has 1 aliphatic rings. The number of aliphatic hydroxyl groups excluding tert-OH is 1. The number of likely N-dealkylation sites (tertiary alicyclic amines) is 1. The van der Waals surface area contributed by atoms with Gasteiger partial charge in [-0.1, -0.05) is 12.1 Å². The highest BCUT2D eigenvalue weighted by Gasteiger charge is 2.47. The summed E-state index contributed by atoms with van der Waals surface area (Å²) in [7, 11) is 1.53. The van der Waals surface area contributed by atoms with Crippen LogP contribution in [-0.4, -0.2) is 46.9 Å². The third kappa shape index (κ3) is 3.52. The fourth-order valence-electron chi connectivity index (χ4n) is 3.15. The SMILES string of the molecule is COCCCN1C(=O)C(=O)/C(=C(\O)c2cccc([N+](=O)[O-])c2)C1c1ccco1. The summed E-state index contributed by atoms with van der Waals surface area (Å²) in [6.45, 7) is 0.605. The molecule has 9 heteroatoms. The Kier molecular flexibility index (Phi) is 5.55. The molecule has 1 N–H and O–H groups in total. The Morgan fingerprint density at radius 2 is 2.11 bits per heavy atom. The maximum atomic E-state index is 12.7. The monoisotopic (exact) mass is 386 g/mol. The predicted molar refractivity (Wildman–Crippen MR) is 97.3 cm³/mol. The zero-order valence-electron chi connectivity index (χ0n) is 15.0. The van der Waals surface area contributed by atoms with Gasteiger partial charge < -0.3 is 19.2 Å². The van der Waals surface area contributed by atoms with E-state index in [0.29, 0.717) is 18.8 Å². The molecule has 1 aliphatic heterocycles. The minimum absolute atomic E-state index is 0.0700. The molecule has 0 spiro atoms. The smallest absolute Gasteiger partial charge is 0.295 e. The van der Waals surface area contributed by atoms with E-state index in [1.807, 2.05) is 0 Å². The van der Waals surface area contributed by atoms with E-state index in [0.717, 1.165) is 6.07 Å². The van der Waals surface area contributed by atoms with E-state index in [9.17, 15) is 24.8 Å². The first-order valence-corrected chi connectivity index (χ1v) is 8.51. The third-order valence-corrected chi connectivity index (χ3v) is 4.43. The number of amides is 1.